The lowest BCUT2D eigenvalue weighted by Crippen LogP contribution is -2.54. The van der Waals surface area contributed by atoms with Crippen molar-refractivity contribution in [2.24, 2.45) is 5.92 Å². The molecule has 92 valence electrons. The van der Waals surface area contributed by atoms with Crippen molar-refractivity contribution in [3.63, 3.8) is 0 Å². The van der Waals surface area contributed by atoms with Gasteiger partial charge in [0, 0.05) is 32.0 Å². The maximum absolute atomic E-state index is 6.13. The van der Waals surface area contributed by atoms with E-state index in [1.54, 1.807) is 0 Å². The Morgan fingerprint density at radius 3 is 3.19 bits per heavy atom. The van der Waals surface area contributed by atoms with Crippen LogP contribution in [0.25, 0.3) is 0 Å². The molecule has 3 aliphatic heterocycles. The Bertz CT molecular complexity index is 270. The highest BCUT2D eigenvalue weighted by molar-refractivity contribution is 14.1. The monoisotopic (exact) mass is 357 g/mol. The lowest BCUT2D eigenvalue weighted by atomic mass is 9.93. The number of piperidine rings is 1. The number of hydrogen-bond acceptors (Lipinski definition) is 4. The first-order chi connectivity index (χ1) is 7.74. The molecule has 0 saturated carbocycles. The summed E-state index contributed by atoms with van der Waals surface area (Å²) in [7, 11) is 0. The van der Waals surface area contributed by atoms with Crippen molar-refractivity contribution in [3.8, 4) is 0 Å². The van der Waals surface area contributed by atoms with Gasteiger partial charge < -0.3 is 10.1 Å². The largest absolute Gasteiger partial charge is 0.376 e. The van der Waals surface area contributed by atoms with Gasteiger partial charge in [-0.25, -0.2) is 0 Å². The second-order valence-electron chi connectivity index (χ2n) is 4.76. The zero-order valence-electron chi connectivity index (χ0n) is 9.03. The fraction of sp³-hybridized carbons (Fsp3) is 1.00. The van der Waals surface area contributed by atoms with E-state index in [0.717, 1.165) is 32.7 Å². The Kier molecular flexibility index (Phi) is 3.62. The van der Waals surface area contributed by atoms with Crippen LogP contribution in [0.1, 0.15) is 6.42 Å². The van der Waals surface area contributed by atoms with Crippen LogP contribution in [0.2, 0.25) is 0 Å². The first-order valence-corrected chi connectivity index (χ1v) is 7.55. The smallest absolute Gasteiger partial charge is 0.0850 e. The Morgan fingerprint density at radius 2 is 2.31 bits per heavy atom. The number of rotatable bonds is 0. The van der Waals surface area contributed by atoms with E-state index in [0.29, 0.717) is 22.2 Å². The molecule has 3 fully saturated rings. The Labute approximate surface area is 115 Å². The van der Waals surface area contributed by atoms with E-state index in [-0.39, 0.29) is 5.50 Å². The van der Waals surface area contributed by atoms with Gasteiger partial charge in [-0.2, -0.15) is 0 Å². The van der Waals surface area contributed by atoms with Crippen LogP contribution >= 0.6 is 34.2 Å². The van der Waals surface area contributed by atoms with Gasteiger partial charge in [0.2, 0.25) is 0 Å². The standard InChI is InChI=1S/C10H17ClIN3O/c11-8-3-7-6(4-13-8)10-14-9(12)5-15(10)1-2-16-7/h6-10,13-14H,1-5H2. The SMILES string of the molecule is ClC1CC2OCCN3CC(I)NC3C2CN1. The predicted molar refractivity (Wildman–Crippen MR) is 71.8 cm³/mol. The van der Waals surface area contributed by atoms with Crippen molar-refractivity contribution in [2.45, 2.75) is 28.2 Å². The lowest BCUT2D eigenvalue weighted by molar-refractivity contribution is -0.000629. The first kappa shape index (κ1) is 11.9. The first-order valence-electron chi connectivity index (χ1n) is 5.87. The zero-order valence-corrected chi connectivity index (χ0v) is 11.9. The fourth-order valence-electron chi connectivity index (χ4n) is 2.97. The van der Waals surface area contributed by atoms with E-state index in [2.05, 4.69) is 38.1 Å². The Balaban J connectivity index is 1.77. The molecular formula is C10H17ClIN3O. The van der Waals surface area contributed by atoms with Crippen molar-refractivity contribution < 1.29 is 4.74 Å². The van der Waals surface area contributed by atoms with Gasteiger partial charge in [-0.15, -0.1) is 11.6 Å². The molecule has 6 heteroatoms. The molecule has 0 spiro atoms. The van der Waals surface area contributed by atoms with Gasteiger partial charge in [0.1, 0.15) is 0 Å². The van der Waals surface area contributed by atoms with Crippen molar-refractivity contribution in [1.82, 2.24) is 15.5 Å². The number of nitrogens with one attached hydrogen (secondary N) is 2. The van der Waals surface area contributed by atoms with Gasteiger partial charge >= 0.3 is 0 Å². The molecule has 0 aromatic carbocycles. The number of halogens is 2. The number of alkyl halides is 2. The van der Waals surface area contributed by atoms with E-state index in [1.807, 2.05) is 0 Å². The van der Waals surface area contributed by atoms with E-state index < -0.39 is 0 Å². The topological polar surface area (TPSA) is 36.5 Å². The highest BCUT2D eigenvalue weighted by atomic mass is 127. The average Bonchev–Trinajstić information content (AvgIpc) is 2.52. The molecule has 3 saturated heterocycles. The van der Waals surface area contributed by atoms with Crippen molar-refractivity contribution in [1.29, 1.82) is 0 Å². The van der Waals surface area contributed by atoms with Crippen LogP contribution in [0.4, 0.5) is 0 Å². The summed E-state index contributed by atoms with van der Waals surface area (Å²) >= 11 is 8.61. The predicted octanol–water partition coefficient (Wildman–Crippen LogP) is 0.552. The summed E-state index contributed by atoms with van der Waals surface area (Å²) in [6, 6.07) is 0. The van der Waals surface area contributed by atoms with E-state index in [4.69, 9.17) is 16.3 Å². The van der Waals surface area contributed by atoms with Crippen molar-refractivity contribution in [2.75, 3.05) is 26.2 Å². The number of fused-ring (bicyclic) bond motifs is 3. The number of hydrogen-bond donors (Lipinski definition) is 2. The lowest BCUT2D eigenvalue weighted by Gasteiger charge is -2.37. The van der Waals surface area contributed by atoms with Crippen molar-refractivity contribution >= 4 is 34.2 Å². The molecule has 3 rings (SSSR count). The van der Waals surface area contributed by atoms with Gasteiger partial charge in [0.15, 0.2) is 0 Å². The van der Waals surface area contributed by atoms with E-state index in [9.17, 15) is 0 Å². The summed E-state index contributed by atoms with van der Waals surface area (Å²) in [4.78, 5) is 2.51. The minimum atomic E-state index is 0.0737. The van der Waals surface area contributed by atoms with Crippen LogP contribution in [0.3, 0.4) is 0 Å². The zero-order chi connectivity index (χ0) is 11.1. The van der Waals surface area contributed by atoms with Crippen LogP contribution in [-0.2, 0) is 4.74 Å². The normalized spacial score (nSPS) is 49.5. The highest BCUT2D eigenvalue weighted by Crippen LogP contribution is 2.30. The molecule has 2 N–H and O–H groups in total. The summed E-state index contributed by atoms with van der Waals surface area (Å²) in [5, 5.41) is 7.01. The van der Waals surface area contributed by atoms with Gasteiger partial charge in [0.05, 0.1) is 28.4 Å². The van der Waals surface area contributed by atoms with E-state index >= 15 is 0 Å². The van der Waals surface area contributed by atoms with Crippen LogP contribution in [-0.4, -0.2) is 53.0 Å². The van der Waals surface area contributed by atoms with Gasteiger partial charge in [-0.1, -0.05) is 22.6 Å². The highest BCUT2D eigenvalue weighted by Gasteiger charge is 2.43. The third kappa shape index (κ3) is 2.22. The second-order valence-corrected chi connectivity index (χ2v) is 6.79. The van der Waals surface area contributed by atoms with Crippen LogP contribution in [0, 0.1) is 5.92 Å². The van der Waals surface area contributed by atoms with Gasteiger partial charge in [0.25, 0.3) is 0 Å². The Morgan fingerprint density at radius 1 is 1.44 bits per heavy atom. The maximum Gasteiger partial charge on any atom is 0.0850 e. The number of ether oxygens (including phenoxy) is 1. The molecule has 3 aliphatic rings. The average molecular weight is 358 g/mol. The van der Waals surface area contributed by atoms with Gasteiger partial charge in [-0.3, -0.25) is 10.2 Å². The summed E-state index contributed by atoms with van der Waals surface area (Å²) in [5.41, 5.74) is 0.0737. The molecule has 5 unspecified atom stereocenters. The molecule has 16 heavy (non-hydrogen) atoms. The molecule has 4 nitrogen and oxygen atoms in total. The summed E-state index contributed by atoms with van der Waals surface area (Å²) in [6.45, 7) is 3.96. The molecule has 0 radical (unpaired) electrons. The van der Waals surface area contributed by atoms with E-state index in [1.165, 1.54) is 0 Å². The van der Waals surface area contributed by atoms with Crippen LogP contribution in [0.15, 0.2) is 0 Å². The minimum absolute atomic E-state index is 0.0737. The number of nitrogens with zero attached hydrogens (tertiary/aromatic N) is 1. The molecule has 0 amide bonds. The quantitative estimate of drug-likeness (QED) is 0.377. The maximum atomic E-state index is 6.13. The summed E-state index contributed by atoms with van der Waals surface area (Å²) in [5.74, 6) is 0.525. The minimum Gasteiger partial charge on any atom is -0.376 e. The molecule has 0 aliphatic carbocycles. The fourth-order valence-corrected chi connectivity index (χ4v) is 4.11. The molecule has 5 atom stereocenters. The summed E-state index contributed by atoms with van der Waals surface area (Å²) < 4.78 is 6.51. The van der Waals surface area contributed by atoms with Crippen LogP contribution in [0.5, 0.6) is 0 Å². The third-order valence-electron chi connectivity index (χ3n) is 3.75. The molecule has 0 aromatic rings. The molecular weight excluding hydrogens is 340 g/mol. The molecule has 0 bridgehead atoms. The summed E-state index contributed by atoms with van der Waals surface area (Å²) in [6.07, 6.45) is 1.70. The second kappa shape index (κ2) is 4.85. The van der Waals surface area contributed by atoms with Crippen molar-refractivity contribution in [3.05, 3.63) is 0 Å². The molecule has 3 heterocycles. The van der Waals surface area contributed by atoms with Gasteiger partial charge in [-0.05, 0) is 0 Å². The third-order valence-corrected chi connectivity index (χ3v) is 4.83. The van der Waals surface area contributed by atoms with Crippen LogP contribution < -0.4 is 10.6 Å². The molecule has 0 aromatic heterocycles. The Hall–Kier alpha value is 0.860.